The third-order valence-corrected chi connectivity index (χ3v) is 6.67. The normalized spacial score (nSPS) is 14.0. The van der Waals surface area contributed by atoms with Gasteiger partial charge in [0.2, 0.25) is 5.88 Å². The van der Waals surface area contributed by atoms with E-state index in [0.29, 0.717) is 42.1 Å². The molecule has 9 nitrogen and oxygen atoms in total. The van der Waals surface area contributed by atoms with Crippen molar-refractivity contribution in [1.29, 1.82) is 10.5 Å². The molecule has 4 rings (SSSR count). The van der Waals surface area contributed by atoms with Crippen LogP contribution in [0.1, 0.15) is 36.1 Å². The molecule has 1 saturated heterocycles. The molecule has 0 bridgehead atoms. The fourth-order valence-electron chi connectivity index (χ4n) is 4.55. The monoisotopic (exact) mass is 512 g/mol. The smallest absolute Gasteiger partial charge is 0.266 e. The van der Waals surface area contributed by atoms with Gasteiger partial charge in [0.1, 0.15) is 30.1 Å². The molecule has 0 atom stereocenters. The average Bonchev–Trinajstić information content (AvgIpc) is 2.94. The van der Waals surface area contributed by atoms with Gasteiger partial charge >= 0.3 is 0 Å². The lowest BCUT2D eigenvalue weighted by atomic mass is 10.0. The summed E-state index contributed by atoms with van der Waals surface area (Å²) in [6.07, 6.45) is 4.72. The standard InChI is InChI=1S/C29H32N6O3/c1-21-26(17-24(20-31)29(36)34-21)22-7-11-33-28(18-22)38-16-14-35-12-8-25(9-13-35)32-10-4-15-37-27-6-3-2-5-23(27)19-30/h2-3,5-7,11,17-18,25,32H,4,8-10,12-16H2,1H3,(H,34,36). The number of hydrogen-bond acceptors (Lipinski definition) is 8. The Kier molecular flexibility index (Phi) is 9.47. The molecule has 196 valence electrons. The van der Waals surface area contributed by atoms with Gasteiger partial charge in [0.15, 0.2) is 0 Å². The zero-order valence-electron chi connectivity index (χ0n) is 21.6. The highest BCUT2D eigenvalue weighted by atomic mass is 16.5. The number of nitrogens with zero attached hydrogens (tertiary/aromatic N) is 4. The lowest BCUT2D eigenvalue weighted by Crippen LogP contribution is -2.44. The predicted octanol–water partition coefficient (Wildman–Crippen LogP) is 3.39. The average molecular weight is 513 g/mol. The zero-order chi connectivity index (χ0) is 26.7. The van der Waals surface area contributed by atoms with E-state index in [4.69, 9.17) is 14.7 Å². The second kappa shape index (κ2) is 13.4. The van der Waals surface area contributed by atoms with Crippen molar-refractivity contribution in [2.45, 2.75) is 32.2 Å². The molecule has 1 aliphatic heterocycles. The van der Waals surface area contributed by atoms with Crippen LogP contribution >= 0.6 is 0 Å². The van der Waals surface area contributed by atoms with Crippen molar-refractivity contribution in [3.63, 3.8) is 0 Å². The van der Waals surface area contributed by atoms with Crippen LogP contribution in [0.4, 0.5) is 0 Å². The third kappa shape index (κ3) is 7.19. The summed E-state index contributed by atoms with van der Waals surface area (Å²) in [7, 11) is 0. The highest BCUT2D eigenvalue weighted by Crippen LogP contribution is 2.24. The first-order valence-electron chi connectivity index (χ1n) is 12.9. The van der Waals surface area contributed by atoms with E-state index in [-0.39, 0.29) is 11.1 Å². The summed E-state index contributed by atoms with van der Waals surface area (Å²) >= 11 is 0. The molecule has 0 radical (unpaired) electrons. The highest BCUT2D eigenvalue weighted by Gasteiger charge is 2.18. The van der Waals surface area contributed by atoms with E-state index in [0.717, 1.165) is 56.6 Å². The summed E-state index contributed by atoms with van der Waals surface area (Å²) in [6.45, 7) is 6.64. The highest BCUT2D eigenvalue weighted by molar-refractivity contribution is 5.67. The van der Waals surface area contributed by atoms with Crippen molar-refractivity contribution in [2.75, 3.05) is 39.4 Å². The Bertz CT molecular complexity index is 1370. The van der Waals surface area contributed by atoms with Crippen LogP contribution in [0.25, 0.3) is 11.1 Å². The number of likely N-dealkylation sites (tertiary alicyclic amines) is 1. The van der Waals surface area contributed by atoms with E-state index in [1.54, 1.807) is 25.3 Å². The van der Waals surface area contributed by atoms with E-state index in [2.05, 4.69) is 26.3 Å². The van der Waals surface area contributed by atoms with Crippen LogP contribution in [-0.4, -0.2) is 60.3 Å². The summed E-state index contributed by atoms with van der Waals surface area (Å²) in [5, 5.41) is 21.9. The molecule has 0 unspecified atom stereocenters. The van der Waals surface area contributed by atoms with Gasteiger partial charge in [0.05, 0.1) is 12.2 Å². The number of nitriles is 2. The fraction of sp³-hybridized carbons (Fsp3) is 0.379. The number of aryl methyl sites for hydroxylation is 1. The minimum absolute atomic E-state index is 0.0810. The van der Waals surface area contributed by atoms with E-state index in [1.807, 2.05) is 36.4 Å². The number of rotatable bonds is 11. The molecule has 38 heavy (non-hydrogen) atoms. The number of H-pyrrole nitrogens is 1. The lowest BCUT2D eigenvalue weighted by molar-refractivity contribution is 0.162. The maximum absolute atomic E-state index is 11.8. The van der Waals surface area contributed by atoms with Gasteiger partial charge in [-0.25, -0.2) is 4.98 Å². The topological polar surface area (TPSA) is 127 Å². The van der Waals surface area contributed by atoms with Crippen molar-refractivity contribution in [2.24, 2.45) is 0 Å². The van der Waals surface area contributed by atoms with Gasteiger partial charge in [-0.3, -0.25) is 9.69 Å². The molecule has 0 amide bonds. The summed E-state index contributed by atoms with van der Waals surface area (Å²) in [5.41, 5.74) is 2.58. The van der Waals surface area contributed by atoms with E-state index in [9.17, 15) is 10.1 Å². The largest absolute Gasteiger partial charge is 0.492 e. The third-order valence-electron chi connectivity index (χ3n) is 6.67. The zero-order valence-corrected chi connectivity index (χ0v) is 21.6. The molecular formula is C29H32N6O3. The number of hydrogen-bond donors (Lipinski definition) is 2. The molecule has 9 heteroatoms. The molecule has 3 aromatic rings. The van der Waals surface area contributed by atoms with Crippen molar-refractivity contribution >= 4 is 0 Å². The van der Waals surface area contributed by atoms with Crippen molar-refractivity contribution in [3.8, 4) is 34.9 Å². The van der Waals surface area contributed by atoms with E-state index >= 15 is 0 Å². The minimum Gasteiger partial charge on any atom is -0.492 e. The Labute approximate surface area is 222 Å². The molecule has 2 aromatic heterocycles. The Morgan fingerprint density at radius 3 is 2.66 bits per heavy atom. The van der Waals surface area contributed by atoms with Crippen molar-refractivity contribution in [3.05, 3.63) is 75.8 Å². The SMILES string of the molecule is Cc1[nH]c(=O)c(C#N)cc1-c1ccnc(OCCN2CCC(NCCCOc3ccccc3C#N)CC2)c1. The van der Waals surface area contributed by atoms with Crippen molar-refractivity contribution < 1.29 is 9.47 Å². The van der Waals surface area contributed by atoms with Gasteiger partial charge in [0, 0.05) is 36.1 Å². The van der Waals surface area contributed by atoms with Gasteiger partial charge in [-0.15, -0.1) is 0 Å². The van der Waals surface area contributed by atoms with E-state index < -0.39 is 0 Å². The second-order valence-corrected chi connectivity index (χ2v) is 9.27. The minimum atomic E-state index is -0.384. The molecule has 2 N–H and O–H groups in total. The summed E-state index contributed by atoms with van der Waals surface area (Å²) in [6, 6.07) is 17.2. The molecular weight excluding hydrogens is 480 g/mol. The van der Waals surface area contributed by atoms with Gasteiger partial charge in [-0.1, -0.05) is 12.1 Å². The summed E-state index contributed by atoms with van der Waals surface area (Å²) in [5.74, 6) is 1.16. The van der Waals surface area contributed by atoms with Crippen LogP contribution in [0.3, 0.4) is 0 Å². The fourth-order valence-corrected chi connectivity index (χ4v) is 4.55. The number of aromatic amines is 1. The van der Waals surface area contributed by atoms with E-state index in [1.165, 1.54) is 0 Å². The quantitative estimate of drug-likeness (QED) is 0.374. The molecule has 1 aliphatic rings. The maximum Gasteiger partial charge on any atom is 0.266 e. The summed E-state index contributed by atoms with van der Waals surface area (Å²) < 4.78 is 11.7. The first-order valence-corrected chi connectivity index (χ1v) is 12.9. The Morgan fingerprint density at radius 1 is 1.08 bits per heavy atom. The number of aromatic nitrogens is 2. The van der Waals surface area contributed by atoms with Crippen LogP contribution < -0.4 is 20.3 Å². The van der Waals surface area contributed by atoms with Crippen LogP contribution in [0.5, 0.6) is 11.6 Å². The molecule has 1 fully saturated rings. The van der Waals surface area contributed by atoms with Crippen molar-refractivity contribution in [1.82, 2.24) is 20.2 Å². The van der Waals surface area contributed by atoms with Crippen LogP contribution in [-0.2, 0) is 0 Å². The molecule has 1 aromatic carbocycles. The van der Waals surface area contributed by atoms with Crippen LogP contribution in [0.15, 0.2) is 53.5 Å². The Hall–Kier alpha value is -4.18. The number of piperidine rings is 1. The van der Waals surface area contributed by atoms with Crippen LogP contribution in [0.2, 0.25) is 0 Å². The van der Waals surface area contributed by atoms with Gasteiger partial charge < -0.3 is 19.8 Å². The maximum atomic E-state index is 11.8. The number of pyridine rings is 2. The first kappa shape index (κ1) is 26.9. The Morgan fingerprint density at radius 2 is 1.87 bits per heavy atom. The van der Waals surface area contributed by atoms with Gasteiger partial charge in [-0.2, -0.15) is 10.5 Å². The number of para-hydroxylation sites is 1. The second-order valence-electron chi connectivity index (χ2n) is 9.27. The summed E-state index contributed by atoms with van der Waals surface area (Å²) in [4.78, 5) is 21.3. The van der Waals surface area contributed by atoms with Crippen LogP contribution in [0, 0.1) is 29.6 Å². The lowest BCUT2D eigenvalue weighted by Gasteiger charge is -2.32. The molecule has 0 saturated carbocycles. The molecule has 3 heterocycles. The first-order chi connectivity index (χ1) is 18.6. The number of ether oxygens (including phenoxy) is 2. The predicted molar refractivity (Wildman–Crippen MR) is 144 cm³/mol. The van der Waals surface area contributed by atoms with Gasteiger partial charge in [0.25, 0.3) is 5.56 Å². The number of nitrogens with one attached hydrogen (secondary N) is 2. The molecule has 0 aliphatic carbocycles. The number of benzene rings is 1. The Balaban J connectivity index is 1.15. The molecule has 0 spiro atoms. The van der Waals surface area contributed by atoms with Gasteiger partial charge in [-0.05, 0) is 75.6 Å².